The minimum absolute atomic E-state index is 0.331. The number of carbonyl (C=O) groups is 1. The molecule has 0 rings (SSSR count). The van der Waals surface area contributed by atoms with Gasteiger partial charge in [0, 0.05) is 6.08 Å². The van der Waals surface area contributed by atoms with Gasteiger partial charge in [-0.25, -0.2) is 9.59 Å². The number of hydrogen-bond acceptors (Lipinski definition) is 3. The van der Waals surface area contributed by atoms with Gasteiger partial charge in [0.2, 0.25) is 0 Å². The monoisotopic (exact) mass is 137 g/mol. The number of carboxylic acids is 1. The van der Waals surface area contributed by atoms with Crippen molar-refractivity contribution in [3.8, 4) is 6.07 Å². The van der Waals surface area contributed by atoms with E-state index in [0.717, 1.165) is 6.08 Å². The Morgan fingerprint density at radius 1 is 1.50 bits per heavy atom. The van der Waals surface area contributed by atoms with Gasteiger partial charge in [0.15, 0.2) is 0 Å². The average molecular weight is 137 g/mol. The number of nitrogens with zero attached hydrogens (tertiary/aromatic N) is 1. The van der Waals surface area contributed by atoms with Crippen molar-refractivity contribution in [3.63, 3.8) is 0 Å². The number of allylic oxidation sites excluding steroid dienone is 2. The van der Waals surface area contributed by atoms with E-state index in [9.17, 15) is 9.59 Å². The summed E-state index contributed by atoms with van der Waals surface area (Å²) in [5.41, 5.74) is -0.331. The predicted octanol–water partition coefficient (Wildman–Crippen LogP) is -0.0912. The van der Waals surface area contributed by atoms with Crippen molar-refractivity contribution in [1.82, 2.24) is 0 Å². The molecule has 10 heavy (non-hydrogen) atoms. The molecule has 0 aliphatic carbocycles. The molecule has 0 saturated carbocycles. The quantitative estimate of drug-likeness (QED) is 0.249. The molecule has 1 N–H and O–H groups in total. The molecule has 50 valence electrons. The van der Waals surface area contributed by atoms with E-state index in [-0.39, 0.29) is 5.57 Å². The summed E-state index contributed by atoms with van der Waals surface area (Å²) in [7, 11) is 0. The van der Waals surface area contributed by atoms with Crippen LogP contribution in [0.25, 0.3) is 0 Å². The lowest BCUT2D eigenvalue weighted by atomic mass is 10.3. The van der Waals surface area contributed by atoms with Crippen LogP contribution in [0.4, 0.5) is 0 Å². The first-order valence-electron chi connectivity index (χ1n) is 2.27. The van der Waals surface area contributed by atoms with Crippen LogP contribution in [0.15, 0.2) is 17.7 Å². The third-order valence-electron chi connectivity index (χ3n) is 0.623. The number of carboxylic acid groups (broad SMARTS) is 1. The summed E-state index contributed by atoms with van der Waals surface area (Å²) in [6.45, 7) is 0. The van der Waals surface area contributed by atoms with Gasteiger partial charge in [-0.05, 0) is 6.08 Å². The third kappa shape index (κ3) is 3.19. The minimum atomic E-state index is -1.21. The molecule has 0 atom stereocenters. The van der Waals surface area contributed by atoms with Crippen LogP contribution < -0.4 is 0 Å². The van der Waals surface area contributed by atoms with Gasteiger partial charge in [-0.1, -0.05) is 0 Å². The molecular weight excluding hydrogens is 134 g/mol. The van der Waals surface area contributed by atoms with Crippen molar-refractivity contribution < 1.29 is 14.7 Å². The molecule has 0 aromatic heterocycles. The first kappa shape index (κ1) is 8.15. The Kier molecular flexibility index (Phi) is 3.32. The zero-order chi connectivity index (χ0) is 7.98. The predicted molar refractivity (Wildman–Crippen MR) is 31.6 cm³/mol. The van der Waals surface area contributed by atoms with E-state index in [1.165, 1.54) is 12.0 Å². The highest BCUT2D eigenvalue weighted by atomic mass is 16.4. The molecule has 4 heteroatoms. The molecule has 0 heterocycles. The Hall–Kier alpha value is -1.85. The summed E-state index contributed by atoms with van der Waals surface area (Å²) in [6.07, 6.45) is 1.58. The molecule has 0 aliphatic heterocycles. The van der Waals surface area contributed by atoms with Gasteiger partial charge in [-0.3, -0.25) is 0 Å². The second-order valence-corrected chi connectivity index (χ2v) is 1.30. The average Bonchev–Trinajstić information content (AvgIpc) is 1.90. The van der Waals surface area contributed by atoms with Crippen molar-refractivity contribution in [2.24, 2.45) is 0 Å². The Morgan fingerprint density at radius 3 is 2.40 bits per heavy atom. The second kappa shape index (κ2) is 4.07. The van der Waals surface area contributed by atoms with Crippen molar-refractivity contribution in [3.05, 3.63) is 17.7 Å². The van der Waals surface area contributed by atoms with Crippen LogP contribution in [0.3, 0.4) is 0 Å². The zero-order valence-corrected chi connectivity index (χ0v) is 4.87. The Labute approximate surface area is 56.7 Å². The van der Waals surface area contributed by atoms with E-state index in [1.807, 2.05) is 0 Å². The van der Waals surface area contributed by atoms with Crippen LogP contribution in [0.5, 0.6) is 0 Å². The first-order valence-corrected chi connectivity index (χ1v) is 2.27. The van der Waals surface area contributed by atoms with E-state index in [0.29, 0.717) is 6.08 Å². The van der Waals surface area contributed by atoms with Crippen LogP contribution >= 0.6 is 0 Å². The maximum atomic E-state index is 9.80. The summed E-state index contributed by atoms with van der Waals surface area (Å²) in [5.74, 6) is 0.0569. The number of carbonyl (C=O) groups excluding carboxylic acids is 1. The largest absolute Gasteiger partial charge is 0.478 e. The maximum absolute atomic E-state index is 9.80. The van der Waals surface area contributed by atoms with Gasteiger partial charge in [0.05, 0.1) is 0 Å². The van der Waals surface area contributed by atoms with Crippen molar-refractivity contribution in [2.45, 2.75) is 0 Å². The molecule has 0 aromatic carbocycles. The maximum Gasteiger partial charge on any atom is 0.328 e. The standard InChI is InChI=1S/C6H3NO3/c7-3-5(4-8)1-2-6(9)10/h1-2H,(H,9,10). The summed E-state index contributed by atoms with van der Waals surface area (Å²) in [4.78, 5) is 19.5. The summed E-state index contributed by atoms with van der Waals surface area (Å²) in [5, 5.41) is 16.1. The third-order valence-corrected chi connectivity index (χ3v) is 0.623. The highest BCUT2D eigenvalue weighted by Crippen LogP contribution is 1.86. The Bertz CT molecular complexity index is 253. The minimum Gasteiger partial charge on any atom is -0.478 e. The molecule has 0 bridgehead atoms. The Balaban J connectivity index is 4.31. The molecule has 4 nitrogen and oxygen atoms in total. The summed E-state index contributed by atoms with van der Waals surface area (Å²) < 4.78 is 0. The molecule has 0 saturated heterocycles. The van der Waals surface area contributed by atoms with E-state index in [1.54, 1.807) is 0 Å². The van der Waals surface area contributed by atoms with Gasteiger partial charge in [0.1, 0.15) is 17.6 Å². The highest BCUT2D eigenvalue weighted by Gasteiger charge is 1.89. The lowest BCUT2D eigenvalue weighted by Crippen LogP contribution is -1.86. The van der Waals surface area contributed by atoms with Crippen LogP contribution in [0.2, 0.25) is 0 Å². The molecule has 0 spiro atoms. The molecular formula is C6H3NO3. The molecule has 0 fully saturated rings. The second-order valence-electron chi connectivity index (χ2n) is 1.30. The fourth-order valence-corrected chi connectivity index (χ4v) is 0.249. The van der Waals surface area contributed by atoms with Crippen LogP contribution in [0, 0.1) is 11.3 Å². The van der Waals surface area contributed by atoms with Crippen LogP contribution in [-0.2, 0) is 9.59 Å². The van der Waals surface area contributed by atoms with Crippen molar-refractivity contribution in [2.75, 3.05) is 0 Å². The lowest BCUT2D eigenvalue weighted by Gasteiger charge is -1.75. The summed E-state index contributed by atoms with van der Waals surface area (Å²) >= 11 is 0. The molecule has 0 aliphatic rings. The summed E-state index contributed by atoms with van der Waals surface area (Å²) in [6, 6.07) is 1.45. The SMILES string of the molecule is N#CC(=C=O)C=CC(=O)O. The fourth-order valence-electron chi connectivity index (χ4n) is 0.249. The molecule has 0 aromatic rings. The molecule has 0 amide bonds. The van der Waals surface area contributed by atoms with Gasteiger partial charge in [-0.15, -0.1) is 0 Å². The Morgan fingerprint density at radius 2 is 2.10 bits per heavy atom. The van der Waals surface area contributed by atoms with Gasteiger partial charge in [0.25, 0.3) is 0 Å². The molecule has 0 radical (unpaired) electrons. The van der Waals surface area contributed by atoms with E-state index in [2.05, 4.69) is 0 Å². The normalized spacial score (nSPS) is 8.30. The van der Waals surface area contributed by atoms with Crippen LogP contribution in [-0.4, -0.2) is 17.0 Å². The van der Waals surface area contributed by atoms with E-state index >= 15 is 0 Å². The van der Waals surface area contributed by atoms with Gasteiger partial charge >= 0.3 is 5.97 Å². The zero-order valence-electron chi connectivity index (χ0n) is 4.87. The highest BCUT2D eigenvalue weighted by molar-refractivity contribution is 5.81. The van der Waals surface area contributed by atoms with Crippen molar-refractivity contribution in [1.29, 1.82) is 5.26 Å². The molecule has 0 unspecified atom stereocenters. The topological polar surface area (TPSA) is 78.2 Å². The van der Waals surface area contributed by atoms with Crippen molar-refractivity contribution >= 4 is 11.9 Å². The van der Waals surface area contributed by atoms with E-state index in [4.69, 9.17) is 10.4 Å². The first-order chi connectivity index (χ1) is 4.70. The lowest BCUT2D eigenvalue weighted by molar-refractivity contribution is -0.131. The number of aliphatic carboxylic acids is 1. The van der Waals surface area contributed by atoms with Gasteiger partial charge in [-0.2, -0.15) is 5.26 Å². The van der Waals surface area contributed by atoms with E-state index < -0.39 is 5.97 Å². The number of hydrogen-bond donors (Lipinski definition) is 1. The number of nitriles is 1. The smallest absolute Gasteiger partial charge is 0.328 e. The fraction of sp³-hybridized carbons (Fsp3) is 0. The number of rotatable bonds is 2. The van der Waals surface area contributed by atoms with Gasteiger partial charge < -0.3 is 5.11 Å². The van der Waals surface area contributed by atoms with Crippen LogP contribution in [0.1, 0.15) is 0 Å².